The third-order valence-electron chi connectivity index (χ3n) is 3.90. The average Bonchev–Trinajstić information content (AvgIpc) is 2.83. The zero-order valence-corrected chi connectivity index (χ0v) is 14.5. The fourth-order valence-corrected chi connectivity index (χ4v) is 2.61. The van der Waals surface area contributed by atoms with Crippen molar-refractivity contribution in [1.29, 1.82) is 0 Å². The molecule has 1 saturated heterocycles. The molecule has 6 nitrogen and oxygen atoms in total. The van der Waals surface area contributed by atoms with E-state index in [2.05, 4.69) is 5.32 Å². The number of aryl methyl sites for hydroxylation is 1. The van der Waals surface area contributed by atoms with Gasteiger partial charge in [-0.15, -0.1) is 0 Å². The Morgan fingerprint density at radius 1 is 1.39 bits per heavy atom. The molecule has 1 aliphatic heterocycles. The summed E-state index contributed by atoms with van der Waals surface area (Å²) in [6, 6.07) is 3.85. The molecule has 2 heterocycles. The first-order chi connectivity index (χ1) is 10.7. The molecule has 0 bridgehead atoms. The molecular formula is C17H28N2O4. The molecule has 1 aromatic rings. The van der Waals surface area contributed by atoms with Crippen molar-refractivity contribution < 1.29 is 19.1 Å². The van der Waals surface area contributed by atoms with Gasteiger partial charge in [-0.2, -0.15) is 0 Å². The quantitative estimate of drug-likeness (QED) is 0.890. The lowest BCUT2D eigenvalue weighted by atomic mass is 9.91. The molecule has 0 saturated carbocycles. The van der Waals surface area contributed by atoms with Crippen molar-refractivity contribution >= 4 is 6.09 Å². The fourth-order valence-electron chi connectivity index (χ4n) is 2.61. The lowest BCUT2D eigenvalue weighted by Gasteiger charge is -2.38. The second kappa shape index (κ2) is 6.93. The van der Waals surface area contributed by atoms with Crippen molar-refractivity contribution in [3.05, 3.63) is 23.7 Å². The summed E-state index contributed by atoms with van der Waals surface area (Å²) in [6.45, 7) is 9.55. The Labute approximate surface area is 137 Å². The largest absolute Gasteiger partial charge is 0.465 e. The predicted octanol–water partition coefficient (Wildman–Crippen LogP) is 2.44. The Bertz CT molecular complexity index is 525. The van der Waals surface area contributed by atoms with E-state index in [4.69, 9.17) is 9.15 Å². The third kappa shape index (κ3) is 5.55. The molecule has 130 valence electrons. The standard InChI is InChI=1S/C17H28N2O4/c1-13-5-6-14(22-13)11-18-12-17(21)7-9-19(10-8-17)15(20)23-16(2,3)4/h5-6,18,21H,7-12H2,1-4H3. The SMILES string of the molecule is Cc1ccc(CNCC2(O)CCN(C(=O)OC(C)(C)C)CC2)o1. The highest BCUT2D eigenvalue weighted by molar-refractivity contribution is 5.68. The molecule has 0 unspecified atom stereocenters. The van der Waals surface area contributed by atoms with E-state index in [-0.39, 0.29) is 6.09 Å². The second-order valence-corrected chi connectivity index (χ2v) is 7.31. The summed E-state index contributed by atoms with van der Waals surface area (Å²) >= 11 is 0. The average molecular weight is 324 g/mol. The van der Waals surface area contributed by atoms with Crippen LogP contribution in [0.3, 0.4) is 0 Å². The number of likely N-dealkylation sites (tertiary alicyclic amines) is 1. The number of hydrogen-bond acceptors (Lipinski definition) is 5. The summed E-state index contributed by atoms with van der Waals surface area (Å²) in [5.41, 5.74) is -1.28. The number of piperidine rings is 1. The first-order valence-corrected chi connectivity index (χ1v) is 8.13. The molecule has 1 aromatic heterocycles. The fraction of sp³-hybridized carbons (Fsp3) is 0.706. The minimum Gasteiger partial charge on any atom is -0.465 e. The van der Waals surface area contributed by atoms with E-state index in [0.29, 0.717) is 39.0 Å². The van der Waals surface area contributed by atoms with E-state index in [1.54, 1.807) is 4.90 Å². The van der Waals surface area contributed by atoms with E-state index < -0.39 is 11.2 Å². The first-order valence-electron chi connectivity index (χ1n) is 8.13. The van der Waals surface area contributed by atoms with Crippen molar-refractivity contribution in [3.63, 3.8) is 0 Å². The summed E-state index contributed by atoms with van der Waals surface area (Å²) in [5, 5.41) is 13.8. The highest BCUT2D eigenvalue weighted by Gasteiger charge is 2.35. The predicted molar refractivity (Wildman–Crippen MR) is 87.1 cm³/mol. The normalized spacial score (nSPS) is 18.0. The van der Waals surface area contributed by atoms with E-state index in [1.807, 2.05) is 39.8 Å². The van der Waals surface area contributed by atoms with Crippen LogP contribution in [0, 0.1) is 6.92 Å². The van der Waals surface area contributed by atoms with Gasteiger partial charge in [-0.05, 0) is 52.7 Å². The van der Waals surface area contributed by atoms with E-state index in [9.17, 15) is 9.90 Å². The van der Waals surface area contributed by atoms with Crippen LogP contribution in [-0.2, 0) is 11.3 Å². The van der Waals surface area contributed by atoms with Crippen LogP contribution in [0.15, 0.2) is 16.5 Å². The summed E-state index contributed by atoms with van der Waals surface area (Å²) in [6.07, 6.45) is 0.769. The summed E-state index contributed by atoms with van der Waals surface area (Å²) in [4.78, 5) is 13.7. The van der Waals surface area contributed by atoms with Crippen LogP contribution in [0.5, 0.6) is 0 Å². The first kappa shape index (κ1) is 17.8. The third-order valence-corrected chi connectivity index (χ3v) is 3.90. The van der Waals surface area contributed by atoms with Gasteiger partial charge in [-0.3, -0.25) is 0 Å². The van der Waals surface area contributed by atoms with Gasteiger partial charge in [0.05, 0.1) is 12.1 Å². The van der Waals surface area contributed by atoms with Crippen molar-refractivity contribution in [2.75, 3.05) is 19.6 Å². The molecule has 1 aliphatic rings. The summed E-state index contributed by atoms with van der Waals surface area (Å²) in [7, 11) is 0. The summed E-state index contributed by atoms with van der Waals surface area (Å²) < 4.78 is 10.9. The Morgan fingerprint density at radius 3 is 2.57 bits per heavy atom. The molecule has 1 fully saturated rings. The van der Waals surface area contributed by atoms with Crippen LogP contribution in [-0.4, -0.2) is 46.9 Å². The van der Waals surface area contributed by atoms with E-state index >= 15 is 0 Å². The maximum atomic E-state index is 12.0. The number of rotatable bonds is 4. The summed E-state index contributed by atoms with van der Waals surface area (Å²) in [5.74, 6) is 1.74. The molecule has 0 atom stereocenters. The van der Waals surface area contributed by atoms with E-state index in [0.717, 1.165) is 11.5 Å². The van der Waals surface area contributed by atoms with Gasteiger partial charge in [-0.1, -0.05) is 0 Å². The van der Waals surface area contributed by atoms with Gasteiger partial charge in [0, 0.05) is 19.6 Å². The Balaban J connectivity index is 1.74. The van der Waals surface area contributed by atoms with Crippen LogP contribution in [0.2, 0.25) is 0 Å². The van der Waals surface area contributed by atoms with E-state index in [1.165, 1.54) is 0 Å². The molecule has 2 rings (SSSR count). The maximum Gasteiger partial charge on any atom is 0.410 e. The monoisotopic (exact) mass is 324 g/mol. The molecule has 2 N–H and O–H groups in total. The van der Waals surface area contributed by atoms with Gasteiger partial charge in [0.1, 0.15) is 17.1 Å². The van der Waals surface area contributed by atoms with Crippen LogP contribution in [0.1, 0.15) is 45.1 Å². The van der Waals surface area contributed by atoms with Gasteiger partial charge < -0.3 is 24.5 Å². The number of ether oxygens (including phenoxy) is 1. The number of nitrogens with zero attached hydrogens (tertiary/aromatic N) is 1. The molecule has 1 amide bonds. The lowest BCUT2D eigenvalue weighted by molar-refractivity contribution is -0.0312. The van der Waals surface area contributed by atoms with Crippen molar-refractivity contribution in [2.24, 2.45) is 0 Å². The van der Waals surface area contributed by atoms with Crippen molar-refractivity contribution in [1.82, 2.24) is 10.2 Å². The molecule has 0 radical (unpaired) electrons. The Hall–Kier alpha value is -1.53. The zero-order valence-electron chi connectivity index (χ0n) is 14.5. The Kier molecular flexibility index (Phi) is 5.37. The molecule has 23 heavy (non-hydrogen) atoms. The minimum absolute atomic E-state index is 0.307. The number of hydrogen-bond donors (Lipinski definition) is 2. The number of furan rings is 1. The second-order valence-electron chi connectivity index (χ2n) is 7.31. The number of carbonyl (C=O) groups is 1. The van der Waals surface area contributed by atoms with Crippen molar-refractivity contribution in [3.8, 4) is 0 Å². The zero-order chi connectivity index (χ0) is 17.1. The van der Waals surface area contributed by atoms with Gasteiger partial charge in [0.25, 0.3) is 0 Å². The molecular weight excluding hydrogens is 296 g/mol. The van der Waals surface area contributed by atoms with Gasteiger partial charge >= 0.3 is 6.09 Å². The van der Waals surface area contributed by atoms with Gasteiger partial charge in [0.15, 0.2) is 0 Å². The Morgan fingerprint density at radius 2 is 2.04 bits per heavy atom. The van der Waals surface area contributed by atoms with Crippen LogP contribution >= 0.6 is 0 Å². The topological polar surface area (TPSA) is 74.9 Å². The minimum atomic E-state index is -0.792. The lowest BCUT2D eigenvalue weighted by Crippen LogP contribution is -2.51. The molecule has 0 aliphatic carbocycles. The maximum absolute atomic E-state index is 12.0. The van der Waals surface area contributed by atoms with Gasteiger partial charge in [-0.25, -0.2) is 4.79 Å². The number of nitrogens with one attached hydrogen (secondary N) is 1. The molecule has 0 aromatic carbocycles. The number of carbonyl (C=O) groups excluding carboxylic acids is 1. The van der Waals surface area contributed by atoms with Crippen LogP contribution in [0.25, 0.3) is 0 Å². The smallest absolute Gasteiger partial charge is 0.410 e. The number of amides is 1. The molecule has 6 heteroatoms. The van der Waals surface area contributed by atoms with Gasteiger partial charge in [0.2, 0.25) is 0 Å². The van der Waals surface area contributed by atoms with Crippen LogP contribution < -0.4 is 5.32 Å². The van der Waals surface area contributed by atoms with Crippen molar-refractivity contribution in [2.45, 2.75) is 58.3 Å². The highest BCUT2D eigenvalue weighted by Crippen LogP contribution is 2.23. The van der Waals surface area contributed by atoms with Crippen LogP contribution in [0.4, 0.5) is 4.79 Å². The number of aliphatic hydroxyl groups is 1. The molecule has 0 spiro atoms. The highest BCUT2D eigenvalue weighted by atomic mass is 16.6.